The zero-order valence-corrected chi connectivity index (χ0v) is 12.6. The Hall–Kier alpha value is -2.22. The maximum absolute atomic E-state index is 12.0. The van der Waals surface area contributed by atoms with E-state index in [1.54, 1.807) is 10.7 Å². The SMILES string of the molecule is O=S(=O)(NCc1ccccc1)NCc1cnn2ccccc12. The fourth-order valence-electron chi connectivity index (χ4n) is 2.12. The molecule has 0 spiro atoms. The van der Waals surface area contributed by atoms with Crippen LogP contribution in [-0.2, 0) is 23.3 Å². The van der Waals surface area contributed by atoms with Gasteiger partial charge in [-0.25, -0.2) is 4.52 Å². The summed E-state index contributed by atoms with van der Waals surface area (Å²) in [5.41, 5.74) is 2.61. The van der Waals surface area contributed by atoms with Gasteiger partial charge in [-0.3, -0.25) is 0 Å². The maximum atomic E-state index is 12.0. The summed E-state index contributed by atoms with van der Waals surface area (Å²) < 4.78 is 30.7. The van der Waals surface area contributed by atoms with Crippen molar-refractivity contribution in [2.45, 2.75) is 13.1 Å². The number of hydrogen-bond acceptors (Lipinski definition) is 3. The van der Waals surface area contributed by atoms with Gasteiger partial charge in [0.15, 0.2) is 0 Å². The van der Waals surface area contributed by atoms with Crippen molar-refractivity contribution in [2.75, 3.05) is 0 Å². The topological polar surface area (TPSA) is 75.5 Å². The number of pyridine rings is 1. The summed E-state index contributed by atoms with van der Waals surface area (Å²) in [5, 5.41) is 4.17. The van der Waals surface area contributed by atoms with Crippen LogP contribution in [0.2, 0.25) is 0 Å². The van der Waals surface area contributed by atoms with E-state index < -0.39 is 10.2 Å². The summed E-state index contributed by atoms with van der Waals surface area (Å²) in [4.78, 5) is 0. The highest BCUT2D eigenvalue weighted by atomic mass is 32.2. The summed E-state index contributed by atoms with van der Waals surface area (Å²) in [5.74, 6) is 0. The molecule has 0 fully saturated rings. The van der Waals surface area contributed by atoms with Crippen LogP contribution in [0.25, 0.3) is 5.52 Å². The van der Waals surface area contributed by atoms with Crippen LogP contribution in [0.5, 0.6) is 0 Å². The highest BCUT2D eigenvalue weighted by molar-refractivity contribution is 7.87. The zero-order chi connectivity index (χ0) is 15.4. The first-order chi connectivity index (χ1) is 10.6. The van der Waals surface area contributed by atoms with Crippen LogP contribution < -0.4 is 9.44 Å². The Morgan fingerprint density at radius 2 is 1.68 bits per heavy atom. The Balaban J connectivity index is 1.62. The fraction of sp³-hybridized carbons (Fsp3) is 0.133. The van der Waals surface area contributed by atoms with Crippen molar-refractivity contribution in [1.82, 2.24) is 19.1 Å². The van der Waals surface area contributed by atoms with E-state index in [1.807, 2.05) is 54.7 Å². The van der Waals surface area contributed by atoms with Crippen LogP contribution in [0.15, 0.2) is 60.9 Å². The number of nitrogens with one attached hydrogen (secondary N) is 2. The molecule has 3 aromatic rings. The van der Waals surface area contributed by atoms with Gasteiger partial charge >= 0.3 is 0 Å². The molecule has 3 rings (SSSR count). The van der Waals surface area contributed by atoms with E-state index >= 15 is 0 Å². The van der Waals surface area contributed by atoms with Crippen LogP contribution in [-0.4, -0.2) is 18.0 Å². The third-order valence-corrected chi connectivity index (χ3v) is 4.32. The van der Waals surface area contributed by atoms with Gasteiger partial charge in [-0.05, 0) is 17.7 Å². The molecule has 0 atom stereocenters. The molecule has 22 heavy (non-hydrogen) atoms. The van der Waals surface area contributed by atoms with E-state index in [9.17, 15) is 8.42 Å². The van der Waals surface area contributed by atoms with Crippen LogP contribution in [0, 0.1) is 0 Å². The lowest BCUT2D eigenvalue weighted by atomic mass is 10.2. The van der Waals surface area contributed by atoms with E-state index in [2.05, 4.69) is 14.5 Å². The molecule has 2 heterocycles. The largest absolute Gasteiger partial charge is 0.277 e. The number of rotatable bonds is 6. The zero-order valence-electron chi connectivity index (χ0n) is 11.8. The second-order valence-corrected chi connectivity index (χ2v) is 6.42. The number of aromatic nitrogens is 2. The average molecular weight is 316 g/mol. The first-order valence-corrected chi connectivity index (χ1v) is 8.32. The van der Waals surface area contributed by atoms with Gasteiger partial charge in [0.05, 0.1) is 11.7 Å². The lowest BCUT2D eigenvalue weighted by molar-refractivity contribution is 0.566. The first-order valence-electron chi connectivity index (χ1n) is 6.83. The number of benzene rings is 1. The van der Waals surface area contributed by atoms with E-state index in [0.29, 0.717) is 0 Å². The summed E-state index contributed by atoms with van der Waals surface area (Å²) in [7, 11) is -3.56. The molecule has 0 saturated carbocycles. The molecule has 0 radical (unpaired) electrons. The van der Waals surface area contributed by atoms with Gasteiger partial charge in [0, 0.05) is 24.8 Å². The third-order valence-electron chi connectivity index (χ3n) is 3.27. The lowest BCUT2D eigenvalue weighted by Crippen LogP contribution is -2.35. The van der Waals surface area contributed by atoms with Gasteiger partial charge in [0.2, 0.25) is 0 Å². The lowest BCUT2D eigenvalue weighted by Gasteiger charge is -2.07. The summed E-state index contributed by atoms with van der Waals surface area (Å²) >= 11 is 0. The van der Waals surface area contributed by atoms with E-state index in [1.165, 1.54) is 0 Å². The first kappa shape index (κ1) is 14.7. The summed E-state index contributed by atoms with van der Waals surface area (Å²) in [6.45, 7) is 0.447. The molecule has 2 aromatic heterocycles. The highest BCUT2D eigenvalue weighted by Gasteiger charge is 2.11. The second kappa shape index (κ2) is 6.27. The van der Waals surface area contributed by atoms with Crippen molar-refractivity contribution >= 4 is 15.7 Å². The van der Waals surface area contributed by atoms with Crippen molar-refractivity contribution in [3.63, 3.8) is 0 Å². The van der Waals surface area contributed by atoms with Gasteiger partial charge in [-0.15, -0.1) is 0 Å². The highest BCUT2D eigenvalue weighted by Crippen LogP contribution is 2.09. The molecular formula is C15H16N4O2S. The molecule has 114 valence electrons. The van der Waals surface area contributed by atoms with Crippen molar-refractivity contribution in [2.24, 2.45) is 0 Å². The van der Waals surface area contributed by atoms with Crippen LogP contribution in [0.4, 0.5) is 0 Å². The molecule has 0 aliphatic carbocycles. The minimum atomic E-state index is -3.56. The molecule has 1 aromatic carbocycles. The molecule has 0 unspecified atom stereocenters. The minimum absolute atomic E-state index is 0.192. The van der Waals surface area contributed by atoms with Gasteiger partial charge in [-0.1, -0.05) is 36.4 Å². The quantitative estimate of drug-likeness (QED) is 0.723. The molecular weight excluding hydrogens is 300 g/mol. The van der Waals surface area contributed by atoms with E-state index in [-0.39, 0.29) is 13.1 Å². The minimum Gasteiger partial charge on any atom is -0.241 e. The Morgan fingerprint density at radius 3 is 2.50 bits per heavy atom. The van der Waals surface area contributed by atoms with Crippen molar-refractivity contribution in [3.05, 3.63) is 72.1 Å². The van der Waals surface area contributed by atoms with Crippen molar-refractivity contribution < 1.29 is 8.42 Å². The number of nitrogens with zero attached hydrogens (tertiary/aromatic N) is 2. The van der Waals surface area contributed by atoms with Crippen LogP contribution in [0.3, 0.4) is 0 Å². The fourth-order valence-corrected chi connectivity index (χ4v) is 2.93. The molecule has 0 saturated heterocycles. The predicted molar refractivity (Wildman–Crippen MR) is 84.2 cm³/mol. The Labute approximate surface area is 129 Å². The monoisotopic (exact) mass is 316 g/mol. The number of hydrogen-bond donors (Lipinski definition) is 2. The Morgan fingerprint density at radius 1 is 0.955 bits per heavy atom. The molecule has 0 aliphatic rings. The molecule has 2 N–H and O–H groups in total. The van der Waals surface area contributed by atoms with Gasteiger partial charge in [0.1, 0.15) is 0 Å². The van der Waals surface area contributed by atoms with Crippen LogP contribution in [0.1, 0.15) is 11.1 Å². The summed E-state index contributed by atoms with van der Waals surface area (Å²) in [6, 6.07) is 15.0. The second-order valence-electron chi connectivity index (χ2n) is 4.83. The molecule has 0 aliphatic heterocycles. The Kier molecular flexibility index (Phi) is 4.19. The predicted octanol–water partition coefficient (Wildman–Crippen LogP) is 1.46. The average Bonchev–Trinajstić information content (AvgIpc) is 2.96. The molecule has 6 nitrogen and oxygen atoms in total. The summed E-state index contributed by atoms with van der Waals surface area (Å²) in [6.07, 6.45) is 3.48. The molecule has 0 amide bonds. The van der Waals surface area contributed by atoms with Crippen molar-refractivity contribution in [1.29, 1.82) is 0 Å². The van der Waals surface area contributed by atoms with Crippen LogP contribution >= 0.6 is 0 Å². The smallest absolute Gasteiger partial charge is 0.241 e. The van der Waals surface area contributed by atoms with E-state index in [0.717, 1.165) is 16.6 Å². The molecule has 7 heteroatoms. The molecule has 0 bridgehead atoms. The maximum Gasteiger partial charge on any atom is 0.277 e. The number of fused-ring (bicyclic) bond motifs is 1. The van der Waals surface area contributed by atoms with Gasteiger partial charge in [-0.2, -0.15) is 23.0 Å². The van der Waals surface area contributed by atoms with E-state index in [4.69, 9.17) is 0 Å². The standard InChI is InChI=1S/C15H16N4O2S/c20-22(21,17-10-13-6-2-1-3-7-13)18-12-14-11-16-19-9-5-4-8-15(14)19/h1-9,11,17-18H,10,12H2. The Bertz CT molecular complexity index is 859. The normalized spacial score (nSPS) is 11.8. The third kappa shape index (κ3) is 3.51. The van der Waals surface area contributed by atoms with Gasteiger partial charge < -0.3 is 0 Å². The van der Waals surface area contributed by atoms with Crippen molar-refractivity contribution in [3.8, 4) is 0 Å². The van der Waals surface area contributed by atoms with Gasteiger partial charge in [0.25, 0.3) is 10.2 Å².